The highest BCUT2D eigenvalue weighted by Crippen LogP contribution is 2.45. The summed E-state index contributed by atoms with van der Waals surface area (Å²) in [6, 6.07) is 17.2. The number of anilines is 2. The fourth-order valence-corrected chi connectivity index (χ4v) is 6.70. The number of ether oxygens (including phenoxy) is 3. The SMILES string of the molecule is CCOC(=O)C1CC2(CCN(c3cc(O[C@H](F)c4ccc(Br)cc4-n4ccc(C)n4)nc(N)n3)CC2)CN1C(=O)OCc1ccccc1. The lowest BCUT2D eigenvalue weighted by Crippen LogP contribution is -2.43. The fraction of sp³-hybridized carbons (Fsp3) is 0.382. The number of nitrogens with zero attached hydrogens (tertiary/aromatic N) is 6. The molecule has 1 amide bonds. The largest absolute Gasteiger partial charge is 0.464 e. The molecular formula is C34H37BrFN7O5. The van der Waals surface area contributed by atoms with Crippen LogP contribution >= 0.6 is 15.9 Å². The van der Waals surface area contributed by atoms with E-state index < -0.39 is 24.5 Å². The molecule has 1 unspecified atom stereocenters. The first-order valence-corrected chi connectivity index (χ1v) is 16.6. The van der Waals surface area contributed by atoms with Gasteiger partial charge in [0.1, 0.15) is 18.5 Å². The Hall–Kier alpha value is -4.72. The Bertz CT molecular complexity index is 1770. The third kappa shape index (κ3) is 7.38. The number of hydrogen-bond acceptors (Lipinski definition) is 10. The summed E-state index contributed by atoms with van der Waals surface area (Å²) in [5.74, 6) is 0.00394. The van der Waals surface area contributed by atoms with Gasteiger partial charge in [-0.2, -0.15) is 19.5 Å². The summed E-state index contributed by atoms with van der Waals surface area (Å²) >= 11 is 3.45. The Labute approximate surface area is 286 Å². The van der Waals surface area contributed by atoms with E-state index in [4.69, 9.17) is 19.9 Å². The highest BCUT2D eigenvalue weighted by Gasteiger charge is 2.51. The van der Waals surface area contributed by atoms with Gasteiger partial charge in [-0.3, -0.25) is 4.90 Å². The van der Waals surface area contributed by atoms with Crippen molar-refractivity contribution in [3.8, 4) is 11.6 Å². The summed E-state index contributed by atoms with van der Waals surface area (Å²) in [7, 11) is 0. The molecule has 2 atom stereocenters. The van der Waals surface area contributed by atoms with Crippen molar-refractivity contribution in [2.24, 2.45) is 5.41 Å². The number of halogens is 2. The van der Waals surface area contributed by atoms with Crippen LogP contribution in [-0.4, -0.2) is 69.0 Å². The van der Waals surface area contributed by atoms with Gasteiger partial charge >= 0.3 is 12.1 Å². The number of nitrogens with two attached hydrogens (primary N) is 1. The fourth-order valence-electron chi connectivity index (χ4n) is 6.35. The number of aryl methyl sites for hydroxylation is 1. The molecule has 4 aromatic rings. The average molecular weight is 723 g/mol. The molecule has 48 heavy (non-hydrogen) atoms. The van der Waals surface area contributed by atoms with E-state index in [1.54, 1.807) is 42.1 Å². The zero-order valence-corrected chi connectivity index (χ0v) is 28.3. The molecule has 2 saturated heterocycles. The molecule has 1 spiro atoms. The highest BCUT2D eigenvalue weighted by atomic mass is 79.9. The summed E-state index contributed by atoms with van der Waals surface area (Å²) in [4.78, 5) is 38.3. The summed E-state index contributed by atoms with van der Waals surface area (Å²) in [5, 5.41) is 4.42. The van der Waals surface area contributed by atoms with Crippen LogP contribution in [0.2, 0.25) is 0 Å². The Balaban J connectivity index is 1.14. The average Bonchev–Trinajstić information content (AvgIpc) is 3.68. The standard InChI is InChI=1S/C34H37BrFN7O5/c1-3-46-31(44)27-19-34(21-42(27)33(45)47-20-23-7-5-4-6-8-23)12-15-41(16-13-34)28-18-29(39-32(37)38-28)48-30(36)25-10-9-24(35)17-26(25)43-14-11-22(2)40-43/h4-11,14,17-18,27,30H,3,12-13,15-16,19-21H2,1-2H3,(H2,37,38,39)/t27?,30-/m0/s1. The lowest BCUT2D eigenvalue weighted by molar-refractivity contribution is -0.148. The van der Waals surface area contributed by atoms with Crippen molar-refractivity contribution in [2.45, 2.75) is 52.1 Å². The van der Waals surface area contributed by atoms with Crippen LogP contribution in [0, 0.1) is 12.3 Å². The second kappa shape index (κ2) is 14.2. The van der Waals surface area contributed by atoms with Crippen LogP contribution in [0.1, 0.15) is 49.4 Å². The van der Waals surface area contributed by atoms with Gasteiger partial charge in [-0.15, -0.1) is 0 Å². The summed E-state index contributed by atoms with van der Waals surface area (Å²) in [5.41, 5.74) is 8.18. The molecule has 2 aromatic heterocycles. The van der Waals surface area contributed by atoms with Crippen molar-refractivity contribution in [1.82, 2.24) is 24.6 Å². The molecule has 0 bridgehead atoms. The Kier molecular flexibility index (Phi) is 9.81. The number of likely N-dealkylation sites (tertiary alicyclic amines) is 1. The Morgan fingerprint density at radius 1 is 1.08 bits per heavy atom. The zero-order valence-electron chi connectivity index (χ0n) is 26.7. The molecule has 2 aliphatic rings. The van der Waals surface area contributed by atoms with E-state index in [1.165, 1.54) is 4.90 Å². The van der Waals surface area contributed by atoms with E-state index in [0.29, 0.717) is 50.4 Å². The van der Waals surface area contributed by atoms with Crippen molar-refractivity contribution in [3.05, 3.63) is 88.2 Å². The molecule has 14 heteroatoms. The predicted octanol–water partition coefficient (Wildman–Crippen LogP) is 5.92. The van der Waals surface area contributed by atoms with E-state index in [1.807, 2.05) is 48.2 Å². The van der Waals surface area contributed by atoms with E-state index >= 15 is 4.39 Å². The summed E-state index contributed by atoms with van der Waals surface area (Å²) in [6.07, 6.45) is 1.15. The Morgan fingerprint density at radius 3 is 2.56 bits per heavy atom. The number of hydrogen-bond donors (Lipinski definition) is 1. The van der Waals surface area contributed by atoms with Crippen LogP contribution in [0.4, 0.5) is 21.0 Å². The quantitative estimate of drug-likeness (QED) is 0.207. The first kappa shape index (κ1) is 33.2. The maximum atomic E-state index is 15.7. The molecule has 0 radical (unpaired) electrons. The maximum Gasteiger partial charge on any atom is 0.410 e. The molecule has 0 saturated carbocycles. The van der Waals surface area contributed by atoms with E-state index in [9.17, 15) is 9.59 Å². The number of benzene rings is 2. The topological polar surface area (TPSA) is 138 Å². The number of esters is 1. The second-order valence-electron chi connectivity index (χ2n) is 12.1. The molecule has 0 aliphatic carbocycles. The monoisotopic (exact) mass is 721 g/mol. The van der Waals surface area contributed by atoms with Crippen molar-refractivity contribution >= 4 is 39.8 Å². The number of alkyl halides is 1. The van der Waals surface area contributed by atoms with Crippen LogP contribution in [0.15, 0.2) is 71.3 Å². The number of amides is 1. The lowest BCUT2D eigenvalue weighted by Gasteiger charge is -2.39. The van der Waals surface area contributed by atoms with Gasteiger partial charge in [-0.25, -0.2) is 14.3 Å². The third-order valence-electron chi connectivity index (χ3n) is 8.79. The van der Waals surface area contributed by atoms with Crippen LogP contribution in [0.25, 0.3) is 5.69 Å². The number of carbonyl (C=O) groups is 2. The van der Waals surface area contributed by atoms with Crippen molar-refractivity contribution in [3.63, 3.8) is 0 Å². The maximum absolute atomic E-state index is 15.7. The smallest absolute Gasteiger partial charge is 0.410 e. The van der Waals surface area contributed by atoms with Crippen LogP contribution in [-0.2, 0) is 20.9 Å². The predicted molar refractivity (Wildman–Crippen MR) is 179 cm³/mol. The number of nitrogen functional groups attached to an aromatic ring is 1. The minimum absolute atomic E-state index is 0.00798. The molecule has 2 aromatic carbocycles. The molecule has 2 N–H and O–H groups in total. The van der Waals surface area contributed by atoms with Gasteiger partial charge < -0.3 is 24.8 Å². The van der Waals surface area contributed by atoms with Gasteiger partial charge in [0.15, 0.2) is 0 Å². The van der Waals surface area contributed by atoms with Crippen molar-refractivity contribution in [2.75, 3.05) is 36.9 Å². The van der Waals surface area contributed by atoms with Crippen molar-refractivity contribution in [1.29, 1.82) is 0 Å². The van der Waals surface area contributed by atoms with Gasteiger partial charge in [0.2, 0.25) is 11.8 Å². The molecule has 4 heterocycles. The van der Waals surface area contributed by atoms with Crippen LogP contribution in [0.3, 0.4) is 0 Å². The number of aromatic nitrogens is 4. The number of rotatable bonds is 9. The minimum atomic E-state index is -1.87. The van der Waals surface area contributed by atoms with Gasteiger partial charge in [-0.1, -0.05) is 46.3 Å². The summed E-state index contributed by atoms with van der Waals surface area (Å²) in [6.45, 7) is 5.42. The van der Waals surface area contributed by atoms with E-state index in [2.05, 4.69) is 31.0 Å². The number of carbonyl (C=O) groups excluding carboxylic acids is 2. The van der Waals surface area contributed by atoms with Crippen molar-refractivity contribution < 1.29 is 28.2 Å². The van der Waals surface area contributed by atoms with Gasteiger partial charge in [0.05, 0.1) is 23.6 Å². The molecule has 252 valence electrons. The normalized spacial score (nSPS) is 17.7. The summed E-state index contributed by atoms with van der Waals surface area (Å²) < 4.78 is 34.7. The molecule has 2 fully saturated rings. The van der Waals surface area contributed by atoms with E-state index in [-0.39, 0.29) is 36.0 Å². The first-order valence-electron chi connectivity index (χ1n) is 15.8. The van der Waals surface area contributed by atoms with Gasteiger partial charge in [0.25, 0.3) is 6.36 Å². The highest BCUT2D eigenvalue weighted by molar-refractivity contribution is 9.10. The molecular weight excluding hydrogens is 685 g/mol. The van der Waals surface area contributed by atoms with E-state index in [0.717, 1.165) is 15.7 Å². The molecule has 12 nitrogen and oxygen atoms in total. The number of piperidine rings is 1. The van der Waals surface area contributed by atoms with Gasteiger partial charge in [-0.05, 0) is 68.4 Å². The van der Waals surface area contributed by atoms with Crippen LogP contribution < -0.4 is 15.4 Å². The minimum Gasteiger partial charge on any atom is -0.464 e. The zero-order chi connectivity index (χ0) is 33.8. The Morgan fingerprint density at radius 2 is 1.85 bits per heavy atom. The van der Waals surface area contributed by atoms with Gasteiger partial charge in [0, 0.05) is 36.4 Å². The first-order chi connectivity index (χ1) is 23.1. The molecule has 2 aliphatic heterocycles. The third-order valence-corrected chi connectivity index (χ3v) is 9.28. The lowest BCUT2D eigenvalue weighted by atomic mass is 9.76. The second-order valence-corrected chi connectivity index (χ2v) is 13.0. The molecule has 6 rings (SSSR count). The van der Waals surface area contributed by atoms with Crippen LogP contribution in [0.5, 0.6) is 5.88 Å².